The van der Waals surface area contributed by atoms with E-state index in [0.717, 1.165) is 29.9 Å². The first-order chi connectivity index (χ1) is 9.38. The molecule has 0 aromatic carbocycles. The van der Waals surface area contributed by atoms with E-state index in [1.54, 1.807) is 6.20 Å². The molecule has 0 spiro atoms. The molecule has 2 aliphatic rings. The first kappa shape index (κ1) is 11.4. The van der Waals surface area contributed by atoms with Crippen LogP contribution in [0.2, 0.25) is 0 Å². The topological polar surface area (TPSA) is 45.5 Å². The lowest BCUT2D eigenvalue weighted by atomic mass is 9.89. The fraction of sp³-hybridized carbons (Fsp3) is 0.571. The maximum absolute atomic E-state index is 4.59. The number of aromatic nitrogens is 3. The molecule has 5 nitrogen and oxygen atoms in total. The SMILES string of the molecule is c1cnc2nc(CN3CCC4CNCC4C3)cn2c1. The molecule has 1 N–H and O–H groups in total. The number of likely N-dealkylation sites (tertiary alicyclic amines) is 1. The van der Waals surface area contributed by atoms with E-state index in [-0.39, 0.29) is 0 Å². The maximum atomic E-state index is 4.59. The minimum Gasteiger partial charge on any atom is -0.316 e. The van der Waals surface area contributed by atoms with Gasteiger partial charge in [-0.3, -0.25) is 9.30 Å². The molecule has 0 amide bonds. The van der Waals surface area contributed by atoms with Crippen LogP contribution in [0.1, 0.15) is 12.1 Å². The average molecular weight is 257 g/mol. The number of nitrogens with zero attached hydrogens (tertiary/aromatic N) is 4. The zero-order chi connectivity index (χ0) is 12.7. The van der Waals surface area contributed by atoms with Crippen molar-refractivity contribution in [3.05, 3.63) is 30.4 Å². The van der Waals surface area contributed by atoms with Gasteiger partial charge in [0, 0.05) is 31.7 Å². The molecule has 0 bridgehead atoms. The van der Waals surface area contributed by atoms with Crippen molar-refractivity contribution in [1.82, 2.24) is 24.6 Å². The van der Waals surface area contributed by atoms with Gasteiger partial charge in [-0.05, 0) is 44.0 Å². The molecule has 2 aromatic rings. The maximum Gasteiger partial charge on any atom is 0.233 e. The highest BCUT2D eigenvalue weighted by molar-refractivity contribution is 5.29. The van der Waals surface area contributed by atoms with Crippen LogP contribution in [-0.2, 0) is 6.54 Å². The van der Waals surface area contributed by atoms with Gasteiger partial charge >= 0.3 is 0 Å². The molecule has 4 rings (SSSR count). The molecule has 2 aromatic heterocycles. The molecule has 2 aliphatic heterocycles. The van der Waals surface area contributed by atoms with Crippen LogP contribution in [0, 0.1) is 11.8 Å². The normalized spacial score (nSPS) is 27.8. The predicted octanol–water partition coefficient (Wildman–Crippen LogP) is 0.771. The van der Waals surface area contributed by atoms with Gasteiger partial charge in [0.05, 0.1) is 5.69 Å². The summed E-state index contributed by atoms with van der Waals surface area (Å²) >= 11 is 0. The lowest BCUT2D eigenvalue weighted by Crippen LogP contribution is -2.39. The van der Waals surface area contributed by atoms with Gasteiger partial charge < -0.3 is 5.32 Å². The molecule has 0 radical (unpaired) electrons. The Hall–Kier alpha value is -1.46. The fourth-order valence-corrected chi connectivity index (χ4v) is 3.44. The molecule has 2 unspecified atom stereocenters. The van der Waals surface area contributed by atoms with E-state index in [9.17, 15) is 0 Å². The Labute approximate surface area is 112 Å². The standard InChI is InChI=1S/C14H19N5/c1-3-16-14-17-13(10-19(14)4-1)9-18-5-2-11-6-15-7-12(11)8-18/h1,3-4,10-12,15H,2,5-9H2. The van der Waals surface area contributed by atoms with Crippen LogP contribution in [0.15, 0.2) is 24.7 Å². The van der Waals surface area contributed by atoms with Crippen LogP contribution >= 0.6 is 0 Å². The van der Waals surface area contributed by atoms with Crippen molar-refractivity contribution >= 4 is 5.78 Å². The van der Waals surface area contributed by atoms with Crippen molar-refractivity contribution in [3.63, 3.8) is 0 Å². The summed E-state index contributed by atoms with van der Waals surface area (Å²) in [4.78, 5) is 11.4. The number of fused-ring (bicyclic) bond motifs is 2. The molecule has 100 valence electrons. The van der Waals surface area contributed by atoms with Gasteiger partial charge in [0.2, 0.25) is 5.78 Å². The van der Waals surface area contributed by atoms with Crippen molar-refractivity contribution in [2.45, 2.75) is 13.0 Å². The summed E-state index contributed by atoms with van der Waals surface area (Å²) in [5.74, 6) is 2.54. The highest BCUT2D eigenvalue weighted by atomic mass is 15.2. The molecular formula is C14H19N5. The number of rotatable bonds is 2. The smallest absolute Gasteiger partial charge is 0.233 e. The van der Waals surface area contributed by atoms with E-state index in [1.807, 2.05) is 16.7 Å². The number of imidazole rings is 1. The predicted molar refractivity (Wildman–Crippen MR) is 72.7 cm³/mol. The molecule has 0 saturated carbocycles. The van der Waals surface area contributed by atoms with Gasteiger partial charge in [0.25, 0.3) is 0 Å². The van der Waals surface area contributed by atoms with E-state index in [4.69, 9.17) is 0 Å². The first-order valence-corrected chi connectivity index (χ1v) is 7.10. The van der Waals surface area contributed by atoms with E-state index in [2.05, 4.69) is 26.4 Å². The monoisotopic (exact) mass is 257 g/mol. The first-order valence-electron chi connectivity index (χ1n) is 7.10. The van der Waals surface area contributed by atoms with Crippen LogP contribution in [0.4, 0.5) is 0 Å². The average Bonchev–Trinajstić information content (AvgIpc) is 3.03. The Morgan fingerprint density at radius 2 is 2.26 bits per heavy atom. The highest BCUT2D eigenvalue weighted by Crippen LogP contribution is 2.27. The summed E-state index contributed by atoms with van der Waals surface area (Å²) in [6.07, 6.45) is 7.22. The molecule has 2 atom stereocenters. The Bertz CT molecular complexity index is 545. The molecule has 19 heavy (non-hydrogen) atoms. The van der Waals surface area contributed by atoms with Gasteiger partial charge in [0.1, 0.15) is 0 Å². The number of piperidine rings is 1. The van der Waals surface area contributed by atoms with Crippen LogP contribution in [-0.4, -0.2) is 45.4 Å². The summed E-state index contributed by atoms with van der Waals surface area (Å²) in [5.41, 5.74) is 1.13. The molecule has 5 heteroatoms. The summed E-state index contributed by atoms with van der Waals surface area (Å²) in [6, 6.07) is 1.94. The number of nitrogens with one attached hydrogen (secondary N) is 1. The number of hydrogen-bond acceptors (Lipinski definition) is 4. The molecule has 0 aliphatic carbocycles. The van der Waals surface area contributed by atoms with Gasteiger partial charge in [-0.25, -0.2) is 9.97 Å². The van der Waals surface area contributed by atoms with E-state index in [0.29, 0.717) is 0 Å². The Morgan fingerprint density at radius 3 is 3.21 bits per heavy atom. The third kappa shape index (κ3) is 2.13. The Morgan fingerprint density at radius 1 is 1.32 bits per heavy atom. The van der Waals surface area contributed by atoms with Crippen LogP contribution in [0.5, 0.6) is 0 Å². The van der Waals surface area contributed by atoms with E-state index in [1.165, 1.54) is 32.6 Å². The fourth-order valence-electron chi connectivity index (χ4n) is 3.44. The summed E-state index contributed by atoms with van der Waals surface area (Å²) < 4.78 is 2.00. The van der Waals surface area contributed by atoms with E-state index < -0.39 is 0 Å². The third-order valence-electron chi connectivity index (χ3n) is 4.46. The lowest BCUT2D eigenvalue weighted by molar-refractivity contribution is 0.141. The van der Waals surface area contributed by atoms with Crippen molar-refractivity contribution in [2.24, 2.45) is 11.8 Å². The highest BCUT2D eigenvalue weighted by Gasteiger charge is 2.32. The summed E-state index contributed by atoms with van der Waals surface area (Å²) in [7, 11) is 0. The summed E-state index contributed by atoms with van der Waals surface area (Å²) in [5, 5.41) is 3.51. The van der Waals surface area contributed by atoms with Gasteiger partial charge in [0.15, 0.2) is 0 Å². The second kappa shape index (κ2) is 4.58. The van der Waals surface area contributed by atoms with E-state index >= 15 is 0 Å². The van der Waals surface area contributed by atoms with Gasteiger partial charge in [-0.15, -0.1) is 0 Å². The second-order valence-electron chi connectivity index (χ2n) is 5.76. The molecule has 2 saturated heterocycles. The van der Waals surface area contributed by atoms with Crippen molar-refractivity contribution in [1.29, 1.82) is 0 Å². The zero-order valence-electron chi connectivity index (χ0n) is 11.0. The minimum absolute atomic E-state index is 0.801. The Balaban J connectivity index is 1.48. The number of hydrogen-bond donors (Lipinski definition) is 1. The van der Waals surface area contributed by atoms with Crippen molar-refractivity contribution in [2.75, 3.05) is 26.2 Å². The zero-order valence-corrected chi connectivity index (χ0v) is 11.0. The second-order valence-corrected chi connectivity index (χ2v) is 5.76. The molecule has 4 heterocycles. The molecular weight excluding hydrogens is 238 g/mol. The third-order valence-corrected chi connectivity index (χ3v) is 4.46. The summed E-state index contributed by atoms with van der Waals surface area (Å²) in [6.45, 7) is 5.76. The van der Waals surface area contributed by atoms with Crippen molar-refractivity contribution < 1.29 is 0 Å². The van der Waals surface area contributed by atoms with Gasteiger partial charge in [-0.2, -0.15) is 0 Å². The van der Waals surface area contributed by atoms with Crippen LogP contribution < -0.4 is 5.32 Å². The molecule has 2 fully saturated rings. The van der Waals surface area contributed by atoms with Gasteiger partial charge in [-0.1, -0.05) is 0 Å². The quantitative estimate of drug-likeness (QED) is 0.863. The minimum atomic E-state index is 0.801. The van der Waals surface area contributed by atoms with Crippen LogP contribution in [0.3, 0.4) is 0 Å². The van der Waals surface area contributed by atoms with Crippen LogP contribution in [0.25, 0.3) is 5.78 Å². The van der Waals surface area contributed by atoms with Crippen molar-refractivity contribution in [3.8, 4) is 0 Å². The lowest BCUT2D eigenvalue weighted by Gasteiger charge is -2.33. The Kier molecular flexibility index (Phi) is 2.74. The largest absolute Gasteiger partial charge is 0.316 e.